The lowest BCUT2D eigenvalue weighted by Gasteiger charge is -2.13. The van der Waals surface area contributed by atoms with E-state index in [9.17, 15) is 18.8 Å². The summed E-state index contributed by atoms with van der Waals surface area (Å²) in [5.74, 6) is 5.95. The molecule has 0 atom stereocenters. The zero-order valence-electron chi connectivity index (χ0n) is 16.6. The van der Waals surface area contributed by atoms with Crippen molar-refractivity contribution in [3.63, 3.8) is 0 Å². The molecular weight excluding hydrogens is 438 g/mol. The molecule has 0 bridgehead atoms. The number of ether oxygens (including phenoxy) is 1. The molecule has 0 aromatic carbocycles. The van der Waals surface area contributed by atoms with Crippen LogP contribution >= 0.6 is 11.3 Å². The van der Waals surface area contributed by atoms with E-state index in [0.29, 0.717) is 10.9 Å². The van der Waals surface area contributed by atoms with Crippen LogP contribution in [0.1, 0.15) is 46.0 Å². The summed E-state index contributed by atoms with van der Waals surface area (Å²) in [5.41, 5.74) is -0.0915. The zero-order chi connectivity index (χ0) is 22.7. The van der Waals surface area contributed by atoms with Gasteiger partial charge in [0.25, 0.3) is 12.3 Å². The lowest BCUT2D eigenvalue weighted by molar-refractivity contribution is 0.102. The van der Waals surface area contributed by atoms with Gasteiger partial charge in [0.15, 0.2) is 5.01 Å². The third kappa shape index (κ3) is 4.68. The minimum atomic E-state index is -2.83. The SMILES string of the molecule is COc1cnc(C(F)F)cc1-c1cc(C#N)ncc1C(=O)Nc1nnc(C#CC2CC2)s1. The number of alkyl halides is 2. The van der Waals surface area contributed by atoms with Crippen LogP contribution in [-0.2, 0) is 0 Å². The summed E-state index contributed by atoms with van der Waals surface area (Å²) in [6, 6.07) is 4.32. The number of carbonyl (C=O) groups excluding carboxylic acids is 1. The molecule has 1 N–H and O–H groups in total. The topological polar surface area (TPSA) is 114 Å². The number of nitrogens with zero attached hydrogens (tertiary/aromatic N) is 5. The Bertz CT molecular complexity index is 1290. The van der Waals surface area contributed by atoms with Gasteiger partial charge in [-0.15, -0.1) is 10.2 Å². The number of hydrogen-bond acceptors (Lipinski definition) is 8. The van der Waals surface area contributed by atoms with E-state index in [1.165, 1.54) is 19.4 Å². The van der Waals surface area contributed by atoms with Crippen LogP contribution in [0.4, 0.5) is 13.9 Å². The van der Waals surface area contributed by atoms with Gasteiger partial charge in [-0.1, -0.05) is 17.3 Å². The van der Waals surface area contributed by atoms with Crippen LogP contribution in [0.2, 0.25) is 0 Å². The molecule has 11 heteroatoms. The maximum Gasteiger partial charge on any atom is 0.280 e. The first-order valence-corrected chi connectivity index (χ1v) is 10.2. The summed E-state index contributed by atoms with van der Waals surface area (Å²) < 4.78 is 31.7. The van der Waals surface area contributed by atoms with Gasteiger partial charge >= 0.3 is 0 Å². The molecule has 0 spiro atoms. The maximum atomic E-state index is 13.2. The Labute approximate surface area is 185 Å². The Morgan fingerprint density at radius 3 is 2.75 bits per heavy atom. The van der Waals surface area contributed by atoms with Crippen molar-refractivity contribution in [3.8, 4) is 34.8 Å². The average molecular weight is 452 g/mol. The number of methoxy groups -OCH3 is 1. The van der Waals surface area contributed by atoms with E-state index in [1.807, 2.05) is 6.07 Å². The van der Waals surface area contributed by atoms with Crippen molar-refractivity contribution < 1.29 is 18.3 Å². The number of amides is 1. The first-order chi connectivity index (χ1) is 15.5. The lowest BCUT2D eigenvalue weighted by atomic mass is 9.99. The fraction of sp³-hybridized carbons (Fsp3) is 0.238. The Hall–Kier alpha value is -3.96. The second-order valence-electron chi connectivity index (χ2n) is 6.75. The number of nitrogens with one attached hydrogen (secondary N) is 1. The predicted octanol–water partition coefficient (Wildman–Crippen LogP) is 3.83. The molecule has 1 saturated carbocycles. The van der Waals surface area contributed by atoms with Crippen LogP contribution in [-0.4, -0.2) is 33.2 Å². The normalized spacial score (nSPS) is 12.6. The van der Waals surface area contributed by atoms with E-state index in [0.717, 1.165) is 36.4 Å². The molecule has 4 rings (SSSR count). The quantitative estimate of drug-likeness (QED) is 0.585. The molecular formula is C21H14F2N6O2S. The van der Waals surface area contributed by atoms with E-state index in [-0.39, 0.29) is 33.3 Å². The first-order valence-electron chi connectivity index (χ1n) is 9.37. The highest BCUT2D eigenvalue weighted by atomic mass is 32.1. The van der Waals surface area contributed by atoms with Crippen molar-refractivity contribution in [2.75, 3.05) is 12.4 Å². The highest BCUT2D eigenvalue weighted by Crippen LogP contribution is 2.35. The van der Waals surface area contributed by atoms with Gasteiger partial charge in [0, 0.05) is 23.2 Å². The molecule has 0 radical (unpaired) electrons. The Morgan fingerprint density at radius 1 is 1.25 bits per heavy atom. The molecule has 0 aliphatic heterocycles. The van der Waals surface area contributed by atoms with Crippen LogP contribution in [0.25, 0.3) is 11.1 Å². The van der Waals surface area contributed by atoms with E-state index in [2.05, 4.69) is 37.3 Å². The van der Waals surface area contributed by atoms with E-state index in [1.54, 1.807) is 0 Å². The number of nitriles is 1. The molecule has 0 saturated heterocycles. The largest absolute Gasteiger partial charge is 0.494 e. The van der Waals surface area contributed by atoms with E-state index >= 15 is 0 Å². The lowest BCUT2D eigenvalue weighted by Crippen LogP contribution is -2.14. The first kappa shape index (κ1) is 21.3. The highest BCUT2D eigenvalue weighted by Gasteiger charge is 2.22. The molecule has 160 valence electrons. The summed E-state index contributed by atoms with van der Waals surface area (Å²) in [7, 11) is 1.35. The number of pyridine rings is 2. The van der Waals surface area contributed by atoms with Gasteiger partial charge in [0.2, 0.25) is 5.13 Å². The van der Waals surface area contributed by atoms with Gasteiger partial charge in [0.05, 0.1) is 18.9 Å². The third-order valence-corrected chi connectivity index (χ3v) is 5.25. The van der Waals surface area contributed by atoms with Crippen LogP contribution in [0.15, 0.2) is 24.5 Å². The van der Waals surface area contributed by atoms with Gasteiger partial charge in [-0.3, -0.25) is 15.1 Å². The van der Waals surface area contributed by atoms with Crippen LogP contribution in [0.3, 0.4) is 0 Å². The Balaban J connectivity index is 1.70. The third-order valence-electron chi connectivity index (χ3n) is 4.49. The maximum absolute atomic E-state index is 13.2. The molecule has 3 heterocycles. The van der Waals surface area contributed by atoms with E-state index < -0.39 is 18.0 Å². The minimum Gasteiger partial charge on any atom is -0.494 e. The number of anilines is 1. The summed E-state index contributed by atoms with van der Waals surface area (Å²) >= 11 is 1.11. The summed E-state index contributed by atoms with van der Waals surface area (Å²) in [6.07, 6.45) is 1.66. The Kier molecular flexibility index (Phi) is 6.01. The fourth-order valence-electron chi connectivity index (χ4n) is 2.75. The summed E-state index contributed by atoms with van der Waals surface area (Å²) in [4.78, 5) is 20.6. The van der Waals surface area contributed by atoms with Crippen molar-refractivity contribution in [2.45, 2.75) is 19.3 Å². The molecule has 1 amide bonds. The smallest absolute Gasteiger partial charge is 0.280 e. The standard InChI is InChI=1S/C21H14F2N6O2S/c1-31-17-10-26-16(19(22)23)7-14(17)13-6-12(8-24)25-9-15(13)20(30)27-21-29-28-18(32-21)5-4-11-2-3-11/h6-7,9-11,19H,2-3H2,1H3,(H,27,29,30). The zero-order valence-corrected chi connectivity index (χ0v) is 17.4. The Morgan fingerprint density at radius 2 is 2.06 bits per heavy atom. The van der Waals surface area contributed by atoms with E-state index in [4.69, 9.17) is 4.74 Å². The predicted molar refractivity (Wildman–Crippen MR) is 111 cm³/mol. The van der Waals surface area contributed by atoms with Crippen molar-refractivity contribution in [1.29, 1.82) is 5.26 Å². The number of carbonyl (C=O) groups is 1. The molecule has 8 nitrogen and oxygen atoms in total. The molecule has 1 aliphatic carbocycles. The second-order valence-corrected chi connectivity index (χ2v) is 7.72. The van der Waals surface area contributed by atoms with Gasteiger partial charge in [-0.2, -0.15) is 5.26 Å². The molecule has 32 heavy (non-hydrogen) atoms. The molecule has 3 aromatic heterocycles. The average Bonchev–Trinajstić information content (AvgIpc) is 3.54. The minimum absolute atomic E-state index is 0.00237. The van der Waals surface area contributed by atoms with Crippen molar-refractivity contribution in [3.05, 3.63) is 46.5 Å². The van der Waals surface area contributed by atoms with Crippen LogP contribution in [0.5, 0.6) is 5.75 Å². The molecule has 1 aliphatic rings. The van der Waals surface area contributed by atoms with Crippen molar-refractivity contribution in [1.82, 2.24) is 20.2 Å². The number of aromatic nitrogens is 4. The number of rotatable bonds is 5. The fourth-order valence-corrected chi connectivity index (χ4v) is 3.35. The van der Waals surface area contributed by atoms with Gasteiger partial charge < -0.3 is 4.74 Å². The number of hydrogen-bond donors (Lipinski definition) is 1. The summed E-state index contributed by atoms with van der Waals surface area (Å²) in [5, 5.41) is 20.4. The second kappa shape index (κ2) is 9.04. The van der Waals surface area contributed by atoms with Crippen molar-refractivity contribution >= 4 is 22.4 Å². The highest BCUT2D eigenvalue weighted by molar-refractivity contribution is 7.15. The van der Waals surface area contributed by atoms with Crippen molar-refractivity contribution in [2.24, 2.45) is 5.92 Å². The van der Waals surface area contributed by atoms with Crippen LogP contribution < -0.4 is 10.1 Å². The summed E-state index contributed by atoms with van der Waals surface area (Å²) in [6.45, 7) is 0. The molecule has 0 unspecified atom stereocenters. The molecule has 1 fully saturated rings. The number of halogens is 2. The van der Waals surface area contributed by atoms with Crippen LogP contribution in [0, 0.1) is 29.1 Å². The molecule has 3 aromatic rings. The van der Waals surface area contributed by atoms with Gasteiger partial charge in [-0.05, 0) is 30.9 Å². The monoisotopic (exact) mass is 452 g/mol. The van der Waals surface area contributed by atoms with Gasteiger partial charge in [-0.25, -0.2) is 13.8 Å². The van der Waals surface area contributed by atoms with Gasteiger partial charge in [0.1, 0.15) is 23.2 Å².